The van der Waals surface area contributed by atoms with Crippen LogP contribution in [0.1, 0.15) is 38.5 Å². The summed E-state index contributed by atoms with van der Waals surface area (Å²) in [7, 11) is 0. The Morgan fingerprint density at radius 1 is 1.40 bits per heavy atom. The zero-order chi connectivity index (χ0) is 18.6. The van der Waals surface area contributed by atoms with E-state index in [1.165, 1.54) is 4.57 Å². The average molecular weight is 429 g/mol. The molecule has 0 saturated carbocycles. The first kappa shape index (κ1) is 19.8. The van der Waals surface area contributed by atoms with Gasteiger partial charge in [-0.15, -0.1) is 11.3 Å². The van der Waals surface area contributed by atoms with Crippen molar-refractivity contribution in [2.24, 2.45) is 5.92 Å². The van der Waals surface area contributed by atoms with Crippen molar-refractivity contribution in [1.82, 2.24) is 9.55 Å². The number of H-pyrrole nitrogens is 1. The molecule has 2 aromatic heterocycles. The van der Waals surface area contributed by atoms with Crippen LogP contribution in [0.3, 0.4) is 0 Å². The highest BCUT2D eigenvalue weighted by atomic mass is 79.9. The molecule has 0 saturated heterocycles. The zero-order valence-electron chi connectivity index (χ0n) is 14.8. The van der Waals surface area contributed by atoms with E-state index in [4.69, 9.17) is 5.73 Å². The molecular weight excluding hydrogens is 404 g/mol. The summed E-state index contributed by atoms with van der Waals surface area (Å²) in [5, 5.41) is 2.00. The van der Waals surface area contributed by atoms with E-state index in [0.717, 1.165) is 22.2 Å². The normalized spacial score (nSPS) is 11.2. The number of anilines is 2. The van der Waals surface area contributed by atoms with E-state index in [-0.39, 0.29) is 11.7 Å². The molecule has 3 N–H and O–H groups in total. The molecular formula is C17H25BrN4O2S. The summed E-state index contributed by atoms with van der Waals surface area (Å²) >= 11 is 5.17. The first-order valence-corrected chi connectivity index (χ1v) is 10.1. The standard InChI is InChI=1S/C17H25BrN4O2S/c1-4-5-7-21(10-13-12(18)6-8-25-13)14-15(19)22(9-11(2)3)17(24)20-16(14)23/h6,8,11H,4-5,7,9-10,19H2,1-3H3,(H,20,23,24). The zero-order valence-corrected chi connectivity index (χ0v) is 17.2. The van der Waals surface area contributed by atoms with Crippen molar-refractivity contribution in [2.45, 2.75) is 46.7 Å². The number of nitrogen functional groups attached to an aromatic ring is 1. The van der Waals surface area contributed by atoms with Crippen molar-refractivity contribution in [1.29, 1.82) is 0 Å². The molecule has 2 heterocycles. The fraction of sp³-hybridized carbons (Fsp3) is 0.529. The maximum atomic E-state index is 12.5. The van der Waals surface area contributed by atoms with E-state index in [1.54, 1.807) is 11.3 Å². The predicted octanol–water partition coefficient (Wildman–Crippen LogP) is 3.41. The number of aromatic amines is 1. The highest BCUT2D eigenvalue weighted by molar-refractivity contribution is 9.10. The molecule has 0 fully saturated rings. The van der Waals surface area contributed by atoms with E-state index < -0.39 is 11.2 Å². The van der Waals surface area contributed by atoms with Gasteiger partial charge >= 0.3 is 5.69 Å². The summed E-state index contributed by atoms with van der Waals surface area (Å²) in [5.74, 6) is 0.487. The van der Waals surface area contributed by atoms with Gasteiger partial charge in [0.1, 0.15) is 11.5 Å². The quantitative estimate of drug-likeness (QED) is 0.674. The molecule has 0 aliphatic carbocycles. The monoisotopic (exact) mass is 428 g/mol. The smallest absolute Gasteiger partial charge is 0.330 e. The minimum atomic E-state index is -0.451. The van der Waals surface area contributed by atoms with Crippen molar-refractivity contribution in [3.63, 3.8) is 0 Å². The van der Waals surface area contributed by atoms with Gasteiger partial charge in [0.25, 0.3) is 5.56 Å². The topological polar surface area (TPSA) is 84.1 Å². The molecule has 0 aliphatic rings. The third-order valence-corrected chi connectivity index (χ3v) is 5.80. The van der Waals surface area contributed by atoms with Crippen molar-refractivity contribution in [3.05, 3.63) is 41.6 Å². The van der Waals surface area contributed by atoms with E-state index in [2.05, 4.69) is 27.8 Å². The Labute approximate surface area is 159 Å². The molecule has 0 aromatic carbocycles. The van der Waals surface area contributed by atoms with E-state index in [9.17, 15) is 9.59 Å². The Hall–Kier alpha value is -1.54. The van der Waals surface area contributed by atoms with Crippen LogP contribution in [0.4, 0.5) is 11.5 Å². The second kappa shape index (κ2) is 8.71. The SMILES string of the molecule is CCCCN(Cc1sccc1Br)c1c(N)n(CC(C)C)c(=O)[nH]c1=O. The number of rotatable bonds is 8. The molecule has 0 unspecified atom stereocenters. The number of nitrogens with zero attached hydrogens (tertiary/aromatic N) is 2. The van der Waals surface area contributed by atoms with Crippen LogP contribution in [0.5, 0.6) is 0 Å². The van der Waals surface area contributed by atoms with Crippen LogP contribution < -0.4 is 21.9 Å². The van der Waals surface area contributed by atoms with Crippen LogP contribution >= 0.6 is 27.3 Å². The predicted molar refractivity (Wildman–Crippen MR) is 109 cm³/mol. The summed E-state index contributed by atoms with van der Waals surface area (Å²) in [5.41, 5.74) is 5.77. The van der Waals surface area contributed by atoms with Gasteiger partial charge in [0, 0.05) is 22.4 Å². The van der Waals surface area contributed by atoms with Crippen molar-refractivity contribution >= 4 is 38.8 Å². The van der Waals surface area contributed by atoms with Crippen LogP contribution in [0.25, 0.3) is 0 Å². The Balaban J connectivity index is 2.50. The summed E-state index contributed by atoms with van der Waals surface area (Å²) < 4.78 is 2.48. The third-order valence-electron chi connectivity index (χ3n) is 3.89. The van der Waals surface area contributed by atoms with Gasteiger partial charge in [-0.3, -0.25) is 14.3 Å². The first-order chi connectivity index (χ1) is 11.8. The van der Waals surface area contributed by atoms with Crippen LogP contribution in [0.15, 0.2) is 25.5 Å². The molecule has 2 rings (SSSR count). The third kappa shape index (κ3) is 4.76. The maximum absolute atomic E-state index is 12.5. The number of hydrogen-bond donors (Lipinski definition) is 2. The number of thiophene rings is 1. The Morgan fingerprint density at radius 2 is 2.12 bits per heavy atom. The lowest BCUT2D eigenvalue weighted by Crippen LogP contribution is -2.39. The first-order valence-electron chi connectivity index (χ1n) is 8.44. The number of hydrogen-bond acceptors (Lipinski definition) is 5. The molecule has 0 aliphatic heterocycles. The van der Waals surface area contributed by atoms with Gasteiger partial charge in [-0.1, -0.05) is 27.2 Å². The van der Waals surface area contributed by atoms with Crippen molar-refractivity contribution < 1.29 is 0 Å². The molecule has 25 heavy (non-hydrogen) atoms. The van der Waals surface area contributed by atoms with Gasteiger partial charge in [-0.2, -0.15) is 0 Å². The van der Waals surface area contributed by atoms with Gasteiger partial charge < -0.3 is 10.6 Å². The molecule has 138 valence electrons. The maximum Gasteiger partial charge on any atom is 0.330 e. The second-order valence-electron chi connectivity index (χ2n) is 6.46. The Bertz CT molecular complexity index is 825. The number of nitrogens with two attached hydrogens (primary N) is 1. The lowest BCUT2D eigenvalue weighted by atomic mass is 10.2. The van der Waals surface area contributed by atoms with Gasteiger partial charge in [-0.25, -0.2) is 4.79 Å². The number of halogens is 1. The molecule has 0 amide bonds. The fourth-order valence-corrected chi connectivity index (χ4v) is 4.15. The molecule has 8 heteroatoms. The minimum Gasteiger partial charge on any atom is -0.383 e. The fourth-order valence-electron chi connectivity index (χ4n) is 2.66. The molecule has 0 radical (unpaired) electrons. The van der Waals surface area contributed by atoms with Crippen LogP contribution in [0, 0.1) is 5.92 Å². The van der Waals surface area contributed by atoms with Gasteiger partial charge in [0.05, 0.1) is 6.54 Å². The molecule has 0 spiro atoms. The molecule has 0 bridgehead atoms. The molecule has 2 aromatic rings. The van der Waals surface area contributed by atoms with Crippen LogP contribution in [-0.4, -0.2) is 16.1 Å². The van der Waals surface area contributed by atoms with E-state index in [0.29, 0.717) is 25.3 Å². The highest BCUT2D eigenvalue weighted by Gasteiger charge is 2.20. The largest absolute Gasteiger partial charge is 0.383 e. The minimum absolute atomic E-state index is 0.242. The lowest BCUT2D eigenvalue weighted by Gasteiger charge is -2.26. The summed E-state index contributed by atoms with van der Waals surface area (Å²) in [6, 6.07) is 1.99. The summed E-state index contributed by atoms with van der Waals surface area (Å²) in [6.45, 7) is 7.87. The number of unbranched alkanes of at least 4 members (excludes halogenated alkanes) is 1. The summed E-state index contributed by atoms with van der Waals surface area (Å²) in [4.78, 5) is 30.2. The number of nitrogens with one attached hydrogen (secondary N) is 1. The van der Waals surface area contributed by atoms with Crippen molar-refractivity contribution in [2.75, 3.05) is 17.2 Å². The summed E-state index contributed by atoms with van der Waals surface area (Å²) in [6.07, 6.45) is 1.94. The molecule has 6 nitrogen and oxygen atoms in total. The lowest BCUT2D eigenvalue weighted by molar-refractivity contribution is 0.507. The van der Waals surface area contributed by atoms with Gasteiger partial charge in [-0.05, 0) is 39.7 Å². The average Bonchev–Trinajstić information content (AvgIpc) is 2.93. The Kier molecular flexibility index (Phi) is 6.89. The van der Waals surface area contributed by atoms with E-state index >= 15 is 0 Å². The second-order valence-corrected chi connectivity index (χ2v) is 8.32. The van der Waals surface area contributed by atoms with Crippen molar-refractivity contribution in [3.8, 4) is 0 Å². The van der Waals surface area contributed by atoms with Crippen LogP contribution in [0.2, 0.25) is 0 Å². The van der Waals surface area contributed by atoms with Gasteiger partial charge in [0.15, 0.2) is 0 Å². The number of aromatic nitrogens is 2. The van der Waals surface area contributed by atoms with Gasteiger partial charge in [0.2, 0.25) is 0 Å². The Morgan fingerprint density at radius 3 is 2.68 bits per heavy atom. The van der Waals surface area contributed by atoms with Crippen LogP contribution in [-0.2, 0) is 13.1 Å². The highest BCUT2D eigenvalue weighted by Crippen LogP contribution is 2.27. The molecule has 0 atom stereocenters. The van der Waals surface area contributed by atoms with E-state index in [1.807, 2.05) is 30.2 Å².